The van der Waals surface area contributed by atoms with Gasteiger partial charge in [0.25, 0.3) is 0 Å². The number of aromatic nitrogens is 1. The number of hydrogen-bond donors (Lipinski definition) is 2. The highest BCUT2D eigenvalue weighted by atomic mass is 32.1. The van der Waals surface area contributed by atoms with Crippen LogP contribution in [0.3, 0.4) is 0 Å². The molecule has 0 aliphatic carbocycles. The van der Waals surface area contributed by atoms with Gasteiger partial charge in [-0.25, -0.2) is 0 Å². The second-order valence-electron chi connectivity index (χ2n) is 9.09. The number of likely N-dealkylation sites (tertiary alicyclic amines) is 1. The van der Waals surface area contributed by atoms with Gasteiger partial charge in [0, 0.05) is 44.6 Å². The van der Waals surface area contributed by atoms with Crippen molar-refractivity contribution in [2.75, 3.05) is 19.7 Å². The van der Waals surface area contributed by atoms with Crippen molar-refractivity contribution in [1.82, 2.24) is 9.88 Å². The lowest BCUT2D eigenvalue weighted by Gasteiger charge is -2.38. The zero-order valence-corrected chi connectivity index (χ0v) is 19.6. The zero-order chi connectivity index (χ0) is 23.9. The van der Waals surface area contributed by atoms with Gasteiger partial charge in [-0.1, -0.05) is 12.1 Å². The highest BCUT2D eigenvalue weighted by Gasteiger charge is 2.34. The Balaban J connectivity index is 1.20. The number of rotatable bonds is 6. The number of aliphatic hydroxyl groups is 1. The monoisotopic (exact) mass is 488 g/mol. The molecule has 0 spiro atoms. The maximum atomic E-state index is 13.4. The predicted octanol–water partition coefficient (Wildman–Crippen LogP) is 6.41. The molecular formula is C26H27F3N2O2S. The molecule has 2 aromatic heterocycles. The lowest BCUT2D eigenvalue weighted by atomic mass is 9.89. The van der Waals surface area contributed by atoms with Crippen molar-refractivity contribution >= 4 is 32.3 Å². The first-order chi connectivity index (χ1) is 16.3. The number of β-amino-alcohol motifs (C(OH)–C–C–N with tert-alkyl or cyclic N) is 1. The number of fused-ring (bicyclic) bond motifs is 2. The normalized spacial score (nSPS) is 20.7. The second kappa shape index (κ2) is 9.24. The van der Waals surface area contributed by atoms with E-state index >= 15 is 0 Å². The van der Waals surface area contributed by atoms with E-state index in [0.29, 0.717) is 16.6 Å². The van der Waals surface area contributed by atoms with E-state index < -0.39 is 17.8 Å². The van der Waals surface area contributed by atoms with Gasteiger partial charge in [-0.3, -0.25) is 4.90 Å². The number of alkyl halides is 3. The van der Waals surface area contributed by atoms with Crippen LogP contribution in [-0.2, 0) is 6.18 Å². The third kappa shape index (κ3) is 4.67. The van der Waals surface area contributed by atoms with Gasteiger partial charge in [0.2, 0.25) is 0 Å². The SMILES string of the molecule is C[C@H]1C[C@@H](c2cc3c(C(F)(F)F)cccc3s2)CCN1C[C@H](O)COc1cccc2[nH]ccc12. The zero-order valence-electron chi connectivity index (χ0n) is 18.8. The Morgan fingerprint density at radius 3 is 2.79 bits per heavy atom. The maximum Gasteiger partial charge on any atom is 0.417 e. The Morgan fingerprint density at radius 1 is 1.18 bits per heavy atom. The average Bonchev–Trinajstić information content (AvgIpc) is 3.45. The van der Waals surface area contributed by atoms with E-state index in [2.05, 4.69) is 16.8 Å². The summed E-state index contributed by atoms with van der Waals surface area (Å²) in [6, 6.07) is 14.1. The van der Waals surface area contributed by atoms with Crippen LogP contribution in [0.15, 0.2) is 54.7 Å². The van der Waals surface area contributed by atoms with E-state index in [1.54, 1.807) is 12.1 Å². The summed E-state index contributed by atoms with van der Waals surface area (Å²) in [6.07, 6.45) is -1.41. The molecule has 4 nitrogen and oxygen atoms in total. The molecule has 0 unspecified atom stereocenters. The van der Waals surface area contributed by atoms with Crippen molar-refractivity contribution in [2.45, 2.75) is 44.0 Å². The number of H-pyrrole nitrogens is 1. The van der Waals surface area contributed by atoms with E-state index in [1.165, 1.54) is 17.4 Å². The Labute approximate surface area is 200 Å². The Bertz CT molecular complexity index is 1280. The Hall–Kier alpha value is -2.55. The minimum Gasteiger partial charge on any atom is -0.490 e. The molecule has 2 N–H and O–H groups in total. The Kier molecular flexibility index (Phi) is 6.31. The lowest BCUT2D eigenvalue weighted by molar-refractivity contribution is -0.136. The average molecular weight is 489 g/mol. The number of halogens is 3. The summed E-state index contributed by atoms with van der Waals surface area (Å²) in [5, 5.41) is 11.9. The summed E-state index contributed by atoms with van der Waals surface area (Å²) in [7, 11) is 0. The molecule has 2 aromatic carbocycles. The molecule has 1 saturated heterocycles. The van der Waals surface area contributed by atoms with Crippen LogP contribution in [0.2, 0.25) is 0 Å². The third-order valence-corrected chi connectivity index (χ3v) is 8.00. The first-order valence-electron chi connectivity index (χ1n) is 11.5. The molecule has 1 aliphatic rings. The fraction of sp³-hybridized carbons (Fsp3) is 0.385. The quantitative estimate of drug-likeness (QED) is 0.330. The summed E-state index contributed by atoms with van der Waals surface area (Å²) >= 11 is 1.47. The molecule has 1 aliphatic heterocycles. The third-order valence-electron chi connectivity index (χ3n) is 6.73. The highest BCUT2D eigenvalue weighted by Crippen LogP contribution is 2.42. The van der Waals surface area contributed by atoms with E-state index in [1.807, 2.05) is 30.5 Å². The molecule has 4 aromatic rings. The molecule has 34 heavy (non-hydrogen) atoms. The van der Waals surface area contributed by atoms with Gasteiger partial charge in [0.05, 0.1) is 5.56 Å². The van der Waals surface area contributed by atoms with Crippen LogP contribution in [0.1, 0.15) is 36.1 Å². The number of aromatic amines is 1. The molecule has 0 radical (unpaired) electrons. The first-order valence-corrected chi connectivity index (χ1v) is 12.3. The van der Waals surface area contributed by atoms with E-state index in [0.717, 1.165) is 47.0 Å². The maximum absolute atomic E-state index is 13.4. The summed E-state index contributed by atoms with van der Waals surface area (Å²) in [6.45, 7) is 3.61. The van der Waals surface area contributed by atoms with Crippen LogP contribution >= 0.6 is 11.3 Å². The fourth-order valence-corrected chi connectivity index (χ4v) is 6.21. The lowest BCUT2D eigenvalue weighted by Crippen LogP contribution is -2.45. The second-order valence-corrected chi connectivity index (χ2v) is 10.2. The van der Waals surface area contributed by atoms with E-state index in [-0.39, 0.29) is 18.6 Å². The van der Waals surface area contributed by atoms with E-state index in [4.69, 9.17) is 4.74 Å². The van der Waals surface area contributed by atoms with Crippen LogP contribution < -0.4 is 4.74 Å². The standard InChI is InChI=1S/C26H27F3N2O2S/c1-16-12-17(25-13-20-21(26(27,28)29)4-2-7-24(20)34-25)9-11-31(16)14-18(32)15-33-23-6-3-5-22-19(23)8-10-30-22/h2-8,10,13,16-18,30,32H,9,11-12,14-15H2,1H3/t16-,17-,18-/m0/s1. The summed E-state index contributed by atoms with van der Waals surface area (Å²) < 4.78 is 46.8. The minimum absolute atomic E-state index is 0.202. The van der Waals surface area contributed by atoms with Crippen molar-refractivity contribution < 1.29 is 23.0 Å². The number of nitrogens with one attached hydrogen (secondary N) is 1. The van der Waals surface area contributed by atoms with Crippen LogP contribution in [0.5, 0.6) is 5.75 Å². The van der Waals surface area contributed by atoms with Crippen molar-refractivity contribution in [3.63, 3.8) is 0 Å². The number of benzene rings is 2. The molecule has 1 fully saturated rings. The van der Waals surface area contributed by atoms with Crippen LogP contribution in [0.25, 0.3) is 21.0 Å². The van der Waals surface area contributed by atoms with Gasteiger partial charge in [0.15, 0.2) is 0 Å². The van der Waals surface area contributed by atoms with Gasteiger partial charge in [0.1, 0.15) is 18.5 Å². The summed E-state index contributed by atoms with van der Waals surface area (Å²) in [5.41, 5.74) is 0.433. The number of ether oxygens (including phenoxy) is 1. The first kappa shape index (κ1) is 23.2. The molecular weight excluding hydrogens is 461 g/mol. The van der Waals surface area contributed by atoms with Gasteiger partial charge < -0.3 is 14.8 Å². The molecule has 180 valence electrons. The van der Waals surface area contributed by atoms with Gasteiger partial charge >= 0.3 is 6.18 Å². The van der Waals surface area contributed by atoms with Crippen LogP contribution in [-0.4, -0.2) is 46.8 Å². The largest absolute Gasteiger partial charge is 0.490 e. The van der Waals surface area contributed by atoms with E-state index in [9.17, 15) is 18.3 Å². The molecule has 3 atom stereocenters. The Morgan fingerprint density at radius 2 is 2.00 bits per heavy atom. The van der Waals surface area contributed by atoms with Crippen molar-refractivity contribution in [3.05, 3.63) is 65.2 Å². The number of aliphatic hydroxyl groups excluding tert-OH is 1. The number of hydrogen-bond acceptors (Lipinski definition) is 4. The topological polar surface area (TPSA) is 48.5 Å². The number of nitrogens with zero attached hydrogens (tertiary/aromatic N) is 1. The predicted molar refractivity (Wildman–Crippen MR) is 130 cm³/mol. The van der Waals surface area contributed by atoms with Crippen molar-refractivity contribution in [2.24, 2.45) is 0 Å². The fourth-order valence-electron chi connectivity index (χ4n) is 4.97. The summed E-state index contributed by atoms with van der Waals surface area (Å²) in [5.74, 6) is 0.969. The molecule has 5 rings (SSSR count). The van der Waals surface area contributed by atoms with Gasteiger partial charge in [-0.15, -0.1) is 11.3 Å². The van der Waals surface area contributed by atoms with Crippen molar-refractivity contribution in [3.8, 4) is 5.75 Å². The van der Waals surface area contributed by atoms with Gasteiger partial charge in [-0.05, 0) is 68.6 Å². The number of piperidine rings is 1. The smallest absolute Gasteiger partial charge is 0.417 e. The molecule has 0 bridgehead atoms. The molecule has 3 heterocycles. The van der Waals surface area contributed by atoms with Crippen LogP contribution in [0, 0.1) is 0 Å². The summed E-state index contributed by atoms with van der Waals surface area (Å²) in [4.78, 5) is 6.41. The van der Waals surface area contributed by atoms with Crippen molar-refractivity contribution in [1.29, 1.82) is 0 Å². The van der Waals surface area contributed by atoms with Crippen LogP contribution in [0.4, 0.5) is 13.2 Å². The molecule has 8 heteroatoms. The minimum atomic E-state index is -4.35. The molecule has 0 saturated carbocycles. The number of thiophene rings is 1. The highest BCUT2D eigenvalue weighted by molar-refractivity contribution is 7.19. The molecule has 0 amide bonds. The van der Waals surface area contributed by atoms with Gasteiger partial charge in [-0.2, -0.15) is 13.2 Å².